The fourth-order valence-corrected chi connectivity index (χ4v) is 1.91. The SMILES string of the molecule is C.CC(=N)c1ccc(C)c([N+](=O)[O-])c1.Cc1ccc(C#N)cc1[N+](=O)[O-].Cl. The van der Waals surface area contributed by atoms with E-state index in [-0.39, 0.29) is 31.2 Å². The van der Waals surface area contributed by atoms with E-state index in [1.54, 1.807) is 45.0 Å². The van der Waals surface area contributed by atoms with Crippen molar-refractivity contribution in [2.75, 3.05) is 0 Å². The molecule has 0 fully saturated rings. The number of nitrogens with one attached hydrogen (secondary N) is 1. The first kappa shape index (κ1) is 25.9. The molecule has 0 aliphatic carbocycles. The summed E-state index contributed by atoms with van der Waals surface area (Å²) in [5, 5.41) is 36.7. The molecule has 2 aromatic carbocycles. The van der Waals surface area contributed by atoms with Crippen molar-refractivity contribution in [3.05, 3.63) is 78.9 Å². The van der Waals surface area contributed by atoms with Crippen LogP contribution < -0.4 is 0 Å². The molecule has 0 radical (unpaired) electrons. The van der Waals surface area contributed by atoms with E-state index in [1.807, 2.05) is 6.07 Å². The van der Waals surface area contributed by atoms with E-state index in [4.69, 9.17) is 10.7 Å². The lowest BCUT2D eigenvalue weighted by atomic mass is 10.1. The summed E-state index contributed by atoms with van der Waals surface area (Å²) in [7, 11) is 0. The van der Waals surface area contributed by atoms with Crippen molar-refractivity contribution in [1.29, 1.82) is 10.7 Å². The minimum Gasteiger partial charge on any atom is -0.305 e. The molecule has 0 aliphatic heterocycles. The van der Waals surface area contributed by atoms with E-state index in [0.29, 0.717) is 28.0 Å². The van der Waals surface area contributed by atoms with Crippen LogP contribution in [-0.4, -0.2) is 15.6 Å². The number of benzene rings is 2. The second kappa shape index (κ2) is 11.3. The number of nitriles is 1. The highest BCUT2D eigenvalue weighted by molar-refractivity contribution is 5.96. The molecule has 9 heteroatoms. The molecular weight excluding hydrogens is 372 g/mol. The molecule has 0 saturated heterocycles. The summed E-state index contributed by atoms with van der Waals surface area (Å²) in [6.07, 6.45) is 0. The van der Waals surface area contributed by atoms with Crippen LogP contribution in [0.4, 0.5) is 11.4 Å². The Labute approximate surface area is 163 Å². The standard InChI is InChI=1S/C9H10N2O2.C8H6N2O2.CH4.ClH/c1-6-3-4-8(7(2)10)5-9(6)11(12)13;1-6-2-3-7(5-9)4-8(6)10(11)12;;/h3-5,10H,1-2H3;2-4H,1H3;1H4;1H. The first-order valence-corrected chi connectivity index (χ1v) is 7.13. The average molecular weight is 393 g/mol. The second-order valence-electron chi connectivity index (χ2n) is 5.25. The van der Waals surface area contributed by atoms with E-state index in [1.165, 1.54) is 12.1 Å². The fourth-order valence-electron chi connectivity index (χ4n) is 1.91. The molecule has 144 valence electrons. The van der Waals surface area contributed by atoms with Gasteiger partial charge < -0.3 is 5.41 Å². The lowest BCUT2D eigenvalue weighted by Crippen LogP contribution is -1.97. The summed E-state index contributed by atoms with van der Waals surface area (Å²) in [6, 6.07) is 11.0. The van der Waals surface area contributed by atoms with Crippen LogP contribution in [0.15, 0.2) is 36.4 Å². The smallest absolute Gasteiger partial charge is 0.273 e. The molecule has 27 heavy (non-hydrogen) atoms. The number of hydrogen-bond acceptors (Lipinski definition) is 6. The topological polar surface area (TPSA) is 134 Å². The number of rotatable bonds is 3. The molecule has 0 saturated carbocycles. The molecule has 0 atom stereocenters. The van der Waals surface area contributed by atoms with Crippen LogP contribution in [0.1, 0.15) is 36.6 Å². The number of nitro benzene ring substituents is 2. The Balaban J connectivity index is 0. The highest BCUT2D eigenvalue weighted by Crippen LogP contribution is 2.19. The molecule has 1 N–H and O–H groups in total. The Bertz CT molecular complexity index is 891. The fraction of sp³-hybridized carbons (Fsp3) is 0.222. The van der Waals surface area contributed by atoms with Gasteiger partial charge in [-0.1, -0.05) is 25.6 Å². The van der Waals surface area contributed by atoms with Gasteiger partial charge in [-0.25, -0.2) is 0 Å². The molecular formula is C18H21ClN4O4. The summed E-state index contributed by atoms with van der Waals surface area (Å²) in [5.41, 5.74) is 2.50. The van der Waals surface area contributed by atoms with Gasteiger partial charge in [-0.15, -0.1) is 12.4 Å². The Morgan fingerprint density at radius 2 is 1.44 bits per heavy atom. The molecule has 0 aliphatic rings. The van der Waals surface area contributed by atoms with Crippen LogP contribution in [0.3, 0.4) is 0 Å². The van der Waals surface area contributed by atoms with Crippen molar-refractivity contribution in [3.8, 4) is 6.07 Å². The van der Waals surface area contributed by atoms with Gasteiger partial charge in [-0.05, 0) is 26.8 Å². The van der Waals surface area contributed by atoms with Crippen LogP contribution in [-0.2, 0) is 0 Å². The molecule has 0 aromatic heterocycles. The maximum atomic E-state index is 10.5. The third kappa shape index (κ3) is 7.22. The molecule has 0 amide bonds. The molecule has 0 unspecified atom stereocenters. The van der Waals surface area contributed by atoms with Crippen molar-refractivity contribution in [1.82, 2.24) is 0 Å². The second-order valence-corrected chi connectivity index (χ2v) is 5.25. The average Bonchev–Trinajstić information content (AvgIpc) is 2.55. The van der Waals surface area contributed by atoms with Gasteiger partial charge in [0.2, 0.25) is 0 Å². The summed E-state index contributed by atoms with van der Waals surface area (Å²) in [5.74, 6) is 0. The van der Waals surface area contributed by atoms with Crippen LogP contribution in [0, 0.1) is 50.8 Å². The van der Waals surface area contributed by atoms with E-state index >= 15 is 0 Å². The monoisotopic (exact) mass is 392 g/mol. The summed E-state index contributed by atoms with van der Waals surface area (Å²) in [4.78, 5) is 20.0. The van der Waals surface area contributed by atoms with Crippen molar-refractivity contribution < 1.29 is 9.85 Å². The highest BCUT2D eigenvalue weighted by Gasteiger charge is 2.11. The minimum absolute atomic E-state index is 0. The van der Waals surface area contributed by atoms with Crippen molar-refractivity contribution in [3.63, 3.8) is 0 Å². The van der Waals surface area contributed by atoms with Gasteiger partial charge in [0.25, 0.3) is 11.4 Å². The third-order valence-corrected chi connectivity index (χ3v) is 3.37. The van der Waals surface area contributed by atoms with Crippen molar-refractivity contribution >= 4 is 29.5 Å². The predicted molar refractivity (Wildman–Crippen MR) is 107 cm³/mol. The van der Waals surface area contributed by atoms with Crippen LogP contribution >= 0.6 is 12.4 Å². The molecule has 0 heterocycles. The van der Waals surface area contributed by atoms with Gasteiger partial charge in [-0.3, -0.25) is 20.2 Å². The number of nitro groups is 2. The first-order chi connectivity index (χ1) is 11.7. The zero-order chi connectivity index (χ0) is 19.1. The molecule has 0 bridgehead atoms. The summed E-state index contributed by atoms with van der Waals surface area (Å²) in [6.45, 7) is 4.93. The van der Waals surface area contributed by atoms with Gasteiger partial charge in [0, 0.05) is 34.5 Å². The normalized spacial score (nSPS) is 8.67. The quantitative estimate of drug-likeness (QED) is 0.439. The van der Waals surface area contributed by atoms with Crippen LogP contribution in [0.25, 0.3) is 0 Å². The number of hydrogen-bond donors (Lipinski definition) is 1. The summed E-state index contributed by atoms with van der Waals surface area (Å²) < 4.78 is 0. The predicted octanol–water partition coefficient (Wildman–Crippen LogP) is 5.12. The van der Waals surface area contributed by atoms with Crippen molar-refractivity contribution in [2.24, 2.45) is 0 Å². The largest absolute Gasteiger partial charge is 0.305 e. The lowest BCUT2D eigenvalue weighted by molar-refractivity contribution is -0.385. The maximum absolute atomic E-state index is 10.5. The number of nitrogens with zero attached hydrogens (tertiary/aromatic N) is 3. The van der Waals surface area contributed by atoms with E-state index in [0.717, 1.165) is 0 Å². The Morgan fingerprint density at radius 1 is 1.00 bits per heavy atom. The summed E-state index contributed by atoms with van der Waals surface area (Å²) >= 11 is 0. The Morgan fingerprint density at radius 3 is 1.85 bits per heavy atom. The molecule has 0 spiro atoms. The van der Waals surface area contributed by atoms with Gasteiger partial charge in [0.1, 0.15) is 0 Å². The Hall–Kier alpha value is -3.31. The van der Waals surface area contributed by atoms with Gasteiger partial charge in [-0.2, -0.15) is 5.26 Å². The minimum atomic E-state index is -0.490. The highest BCUT2D eigenvalue weighted by atomic mass is 35.5. The lowest BCUT2D eigenvalue weighted by Gasteiger charge is -2.00. The Kier molecular flexibility index (Phi) is 10.9. The van der Waals surface area contributed by atoms with Crippen LogP contribution in [0.5, 0.6) is 0 Å². The van der Waals surface area contributed by atoms with E-state index in [9.17, 15) is 20.2 Å². The van der Waals surface area contributed by atoms with E-state index in [2.05, 4.69) is 0 Å². The molecule has 8 nitrogen and oxygen atoms in total. The zero-order valence-corrected chi connectivity index (χ0v) is 15.2. The third-order valence-electron chi connectivity index (χ3n) is 3.37. The zero-order valence-electron chi connectivity index (χ0n) is 14.3. The maximum Gasteiger partial charge on any atom is 0.273 e. The number of aryl methyl sites for hydroxylation is 2. The van der Waals surface area contributed by atoms with Crippen molar-refractivity contribution in [2.45, 2.75) is 28.2 Å². The van der Waals surface area contributed by atoms with Crippen LogP contribution in [0.2, 0.25) is 0 Å². The first-order valence-electron chi connectivity index (χ1n) is 7.13. The van der Waals surface area contributed by atoms with Gasteiger partial charge in [0.15, 0.2) is 0 Å². The number of halogens is 1. The van der Waals surface area contributed by atoms with Gasteiger partial charge >= 0.3 is 0 Å². The molecule has 2 rings (SSSR count). The van der Waals surface area contributed by atoms with E-state index < -0.39 is 9.85 Å². The molecule has 2 aromatic rings. The van der Waals surface area contributed by atoms with Gasteiger partial charge in [0.05, 0.1) is 21.5 Å².